The Balaban J connectivity index is 1.54. The third-order valence-corrected chi connectivity index (χ3v) is 6.43. The molecule has 0 bridgehead atoms. The average Bonchev–Trinajstić information content (AvgIpc) is 3.13. The zero-order valence-electron chi connectivity index (χ0n) is 18.4. The third-order valence-electron chi connectivity index (χ3n) is 6.43. The van der Waals surface area contributed by atoms with Crippen molar-refractivity contribution >= 4 is 44.5 Å². The largest absolute Gasteiger partial charge is 0.270 e. The van der Waals surface area contributed by atoms with E-state index in [1.54, 1.807) is 0 Å². The molecule has 0 radical (unpaired) electrons. The molecule has 162 valence electrons. The van der Waals surface area contributed by atoms with Gasteiger partial charge in [-0.05, 0) is 50.4 Å². The Morgan fingerprint density at radius 3 is 1.41 bits per heavy atom. The molecule has 1 aliphatic heterocycles. The number of carbonyl (C=O) groups excluding carboxylic acids is 2. The van der Waals surface area contributed by atoms with Crippen LogP contribution in [0.25, 0.3) is 32.7 Å². The van der Waals surface area contributed by atoms with E-state index in [4.69, 9.17) is 0 Å². The second kappa shape index (κ2) is 8.13. The summed E-state index contributed by atoms with van der Waals surface area (Å²) in [4.78, 5) is 28.9. The minimum atomic E-state index is -0.257. The van der Waals surface area contributed by atoms with Crippen molar-refractivity contribution in [2.24, 2.45) is 0 Å². The van der Waals surface area contributed by atoms with Crippen molar-refractivity contribution < 1.29 is 9.59 Å². The molecule has 3 heteroatoms. The Kier molecular flexibility index (Phi) is 4.81. The van der Waals surface area contributed by atoms with E-state index in [2.05, 4.69) is 0 Å². The van der Waals surface area contributed by atoms with E-state index >= 15 is 0 Å². The molecule has 0 unspecified atom stereocenters. The van der Waals surface area contributed by atoms with Gasteiger partial charge in [0.05, 0.1) is 17.7 Å². The van der Waals surface area contributed by atoms with E-state index in [9.17, 15) is 9.59 Å². The molecular formula is C31H21NO2. The zero-order chi connectivity index (χ0) is 23.1. The maximum atomic E-state index is 13.8. The summed E-state index contributed by atoms with van der Waals surface area (Å²) in [6.07, 6.45) is 0. The smallest absolute Gasteiger partial charge is 0.262 e. The Labute approximate surface area is 197 Å². The molecule has 5 aromatic rings. The molecule has 0 spiro atoms. The highest BCUT2D eigenvalue weighted by Gasteiger charge is 2.39. The van der Waals surface area contributed by atoms with Crippen LogP contribution in [0.3, 0.4) is 0 Å². The standard InChI is InChI=1S/C31H21NO2/c33-30-28(26-16-14-22-10-4-6-12-24(22)18-26)29(27-17-15-23-11-5-7-13-25(23)19-27)31(34)32(30)20-21-8-2-1-3-9-21/h1-19H,20H2. The fourth-order valence-electron chi connectivity index (χ4n) is 4.71. The number of benzene rings is 5. The predicted octanol–water partition coefficient (Wildman–Crippen LogP) is 6.47. The Morgan fingerprint density at radius 1 is 0.471 bits per heavy atom. The lowest BCUT2D eigenvalue weighted by Gasteiger charge is -2.15. The number of hydrogen-bond acceptors (Lipinski definition) is 2. The van der Waals surface area contributed by atoms with Crippen LogP contribution in [0.15, 0.2) is 115 Å². The number of amides is 2. The summed E-state index contributed by atoms with van der Waals surface area (Å²) < 4.78 is 0. The van der Waals surface area contributed by atoms with Crippen LogP contribution in [-0.4, -0.2) is 16.7 Å². The Hall–Kier alpha value is -4.50. The third kappa shape index (κ3) is 3.39. The highest BCUT2D eigenvalue weighted by Crippen LogP contribution is 2.38. The molecule has 1 heterocycles. The molecule has 3 nitrogen and oxygen atoms in total. The van der Waals surface area contributed by atoms with Crippen LogP contribution in [0.5, 0.6) is 0 Å². The minimum Gasteiger partial charge on any atom is -0.270 e. The van der Waals surface area contributed by atoms with Gasteiger partial charge in [0.2, 0.25) is 0 Å². The zero-order valence-corrected chi connectivity index (χ0v) is 18.4. The normalized spacial score (nSPS) is 13.9. The summed E-state index contributed by atoms with van der Waals surface area (Å²) in [6, 6.07) is 37.6. The number of nitrogens with zero attached hydrogens (tertiary/aromatic N) is 1. The van der Waals surface area contributed by atoms with Crippen molar-refractivity contribution in [3.8, 4) is 0 Å². The molecule has 6 rings (SSSR count). The lowest BCUT2D eigenvalue weighted by Crippen LogP contribution is -2.30. The van der Waals surface area contributed by atoms with Crippen molar-refractivity contribution in [3.05, 3.63) is 132 Å². The van der Waals surface area contributed by atoms with E-state index in [0.717, 1.165) is 38.2 Å². The van der Waals surface area contributed by atoms with Gasteiger partial charge in [0.15, 0.2) is 0 Å². The molecule has 0 N–H and O–H groups in total. The van der Waals surface area contributed by atoms with Crippen molar-refractivity contribution in [2.75, 3.05) is 0 Å². The average molecular weight is 440 g/mol. The Morgan fingerprint density at radius 2 is 0.912 bits per heavy atom. The summed E-state index contributed by atoms with van der Waals surface area (Å²) in [5, 5.41) is 4.26. The molecule has 0 saturated carbocycles. The summed E-state index contributed by atoms with van der Waals surface area (Å²) in [7, 11) is 0. The van der Waals surface area contributed by atoms with Crippen LogP contribution in [0, 0.1) is 0 Å². The van der Waals surface area contributed by atoms with Crippen LogP contribution in [0.4, 0.5) is 0 Å². The van der Waals surface area contributed by atoms with Crippen molar-refractivity contribution in [1.82, 2.24) is 4.90 Å². The minimum absolute atomic E-state index is 0.243. The monoisotopic (exact) mass is 439 g/mol. The lowest BCUT2D eigenvalue weighted by molar-refractivity contribution is -0.136. The van der Waals surface area contributed by atoms with Crippen molar-refractivity contribution in [3.63, 3.8) is 0 Å². The van der Waals surface area contributed by atoms with Gasteiger partial charge in [0, 0.05) is 0 Å². The Bertz CT molecular complexity index is 1510. The van der Waals surface area contributed by atoms with Crippen LogP contribution in [-0.2, 0) is 16.1 Å². The molecular weight excluding hydrogens is 418 g/mol. The molecule has 34 heavy (non-hydrogen) atoms. The second-order valence-electron chi connectivity index (χ2n) is 8.56. The first-order valence-electron chi connectivity index (χ1n) is 11.3. The number of rotatable bonds is 4. The lowest BCUT2D eigenvalue weighted by atomic mass is 9.93. The summed E-state index contributed by atoms with van der Waals surface area (Å²) >= 11 is 0. The quantitative estimate of drug-likeness (QED) is 0.301. The van der Waals surface area contributed by atoms with Crippen molar-refractivity contribution in [2.45, 2.75) is 6.54 Å². The molecule has 0 fully saturated rings. The SMILES string of the molecule is O=C1C(c2ccc3ccccc3c2)=C(c2ccc3ccccc3c2)C(=O)N1Cc1ccccc1. The molecule has 0 atom stereocenters. The summed E-state index contributed by atoms with van der Waals surface area (Å²) in [5.74, 6) is -0.514. The molecule has 2 amide bonds. The number of hydrogen-bond donors (Lipinski definition) is 0. The molecule has 0 aromatic heterocycles. The first-order valence-corrected chi connectivity index (χ1v) is 11.3. The summed E-state index contributed by atoms with van der Waals surface area (Å²) in [5.41, 5.74) is 3.36. The molecule has 1 aliphatic rings. The van der Waals surface area contributed by atoms with Gasteiger partial charge in [0.1, 0.15) is 0 Å². The van der Waals surface area contributed by atoms with Crippen LogP contribution in [0.1, 0.15) is 16.7 Å². The van der Waals surface area contributed by atoms with E-state index in [1.807, 2.05) is 115 Å². The topological polar surface area (TPSA) is 37.4 Å². The van der Waals surface area contributed by atoms with Gasteiger partial charge in [-0.25, -0.2) is 0 Å². The van der Waals surface area contributed by atoms with Crippen LogP contribution in [0.2, 0.25) is 0 Å². The number of fused-ring (bicyclic) bond motifs is 2. The number of carbonyl (C=O) groups is 2. The van der Waals surface area contributed by atoms with E-state index < -0.39 is 0 Å². The molecule has 0 aliphatic carbocycles. The first kappa shape index (κ1) is 20.1. The van der Waals surface area contributed by atoms with Gasteiger partial charge in [0.25, 0.3) is 11.8 Å². The van der Waals surface area contributed by atoms with E-state index in [-0.39, 0.29) is 18.4 Å². The van der Waals surface area contributed by atoms with Gasteiger partial charge in [-0.15, -0.1) is 0 Å². The van der Waals surface area contributed by atoms with Gasteiger partial charge in [-0.1, -0.05) is 103 Å². The van der Waals surface area contributed by atoms with Gasteiger partial charge < -0.3 is 0 Å². The van der Waals surface area contributed by atoms with Gasteiger partial charge in [-0.3, -0.25) is 14.5 Å². The van der Waals surface area contributed by atoms with Crippen LogP contribution < -0.4 is 0 Å². The highest BCUT2D eigenvalue weighted by atomic mass is 16.2. The fourth-order valence-corrected chi connectivity index (χ4v) is 4.71. The molecule has 5 aromatic carbocycles. The highest BCUT2D eigenvalue weighted by molar-refractivity contribution is 6.49. The van der Waals surface area contributed by atoms with Gasteiger partial charge >= 0.3 is 0 Å². The second-order valence-corrected chi connectivity index (χ2v) is 8.56. The van der Waals surface area contributed by atoms with E-state index in [1.165, 1.54) is 4.90 Å². The fraction of sp³-hybridized carbons (Fsp3) is 0.0323. The number of imide groups is 1. The van der Waals surface area contributed by atoms with Crippen molar-refractivity contribution in [1.29, 1.82) is 0 Å². The summed E-state index contributed by atoms with van der Waals surface area (Å²) in [6.45, 7) is 0.243. The first-order chi connectivity index (χ1) is 16.7. The molecule has 0 saturated heterocycles. The predicted molar refractivity (Wildman–Crippen MR) is 137 cm³/mol. The van der Waals surface area contributed by atoms with Crippen LogP contribution >= 0.6 is 0 Å². The maximum absolute atomic E-state index is 13.8. The van der Waals surface area contributed by atoms with E-state index in [0.29, 0.717) is 11.1 Å². The maximum Gasteiger partial charge on any atom is 0.262 e. The van der Waals surface area contributed by atoms with Gasteiger partial charge in [-0.2, -0.15) is 0 Å².